The molecule has 1 aromatic carbocycles. The number of nitrogens with one attached hydrogen (secondary N) is 2. The third-order valence-corrected chi connectivity index (χ3v) is 5.81. The Labute approximate surface area is 172 Å². The van der Waals surface area contributed by atoms with Crippen molar-refractivity contribution in [1.82, 2.24) is 14.5 Å². The monoisotopic (exact) mass is 418 g/mol. The molecule has 0 unspecified atom stereocenters. The number of carbonyl (C=O) groups excluding carboxylic acids is 1. The number of anilines is 1. The van der Waals surface area contributed by atoms with Gasteiger partial charge < -0.3 is 10.3 Å². The predicted molar refractivity (Wildman–Crippen MR) is 116 cm³/mol. The first kappa shape index (κ1) is 20.5. The molecule has 2 N–H and O–H groups in total. The number of rotatable bonds is 6. The van der Waals surface area contributed by atoms with Gasteiger partial charge in [-0.1, -0.05) is 36.4 Å². The van der Waals surface area contributed by atoms with E-state index in [4.69, 9.17) is 11.6 Å². The first-order valence-corrected chi connectivity index (χ1v) is 10.5. The maximum absolute atomic E-state index is 12.9. The van der Waals surface area contributed by atoms with Gasteiger partial charge in [-0.2, -0.15) is 0 Å². The summed E-state index contributed by atoms with van der Waals surface area (Å²) in [4.78, 5) is 33.1. The van der Waals surface area contributed by atoms with Crippen LogP contribution >= 0.6 is 23.4 Å². The lowest BCUT2D eigenvalue weighted by Gasteiger charge is -2.17. The summed E-state index contributed by atoms with van der Waals surface area (Å²) in [7, 11) is 0. The molecule has 0 fully saturated rings. The average Bonchev–Trinajstić information content (AvgIpc) is 3.02. The standard InChI is InChI=1S/C20H23ClN4O2S/c1-5-13(4)25-19(27)18-16(9-12(3)22-18)24-20(25)28-10-17(26)23-15-7-6-11(2)8-14(15)21/h6-9,13,22H,5,10H2,1-4H3,(H,23,26)/t13-/m1/s1. The van der Waals surface area contributed by atoms with Gasteiger partial charge in [0, 0.05) is 11.7 Å². The van der Waals surface area contributed by atoms with Crippen LogP contribution in [0.15, 0.2) is 34.2 Å². The van der Waals surface area contributed by atoms with Crippen LogP contribution in [-0.4, -0.2) is 26.2 Å². The number of aromatic amines is 1. The zero-order chi connectivity index (χ0) is 20.4. The van der Waals surface area contributed by atoms with Crippen LogP contribution in [0, 0.1) is 13.8 Å². The third kappa shape index (κ3) is 4.25. The predicted octanol–water partition coefficient (Wildman–Crippen LogP) is 4.70. The molecular weight excluding hydrogens is 396 g/mol. The fourth-order valence-electron chi connectivity index (χ4n) is 2.90. The Bertz CT molecular complexity index is 1090. The van der Waals surface area contributed by atoms with E-state index < -0.39 is 0 Å². The Balaban J connectivity index is 1.84. The molecule has 3 aromatic rings. The summed E-state index contributed by atoms with van der Waals surface area (Å²) in [5, 5.41) is 3.85. The Kier molecular flexibility index (Phi) is 6.15. The Morgan fingerprint density at radius 1 is 1.36 bits per heavy atom. The van der Waals surface area contributed by atoms with Crippen molar-refractivity contribution in [3.8, 4) is 0 Å². The summed E-state index contributed by atoms with van der Waals surface area (Å²) in [5.74, 6) is -0.0758. The van der Waals surface area contributed by atoms with Gasteiger partial charge in [0.05, 0.1) is 22.0 Å². The van der Waals surface area contributed by atoms with Gasteiger partial charge in [-0.3, -0.25) is 14.2 Å². The molecular formula is C20H23ClN4O2S. The highest BCUT2D eigenvalue weighted by Gasteiger charge is 2.18. The molecule has 148 valence electrons. The van der Waals surface area contributed by atoms with Crippen LogP contribution in [0.4, 0.5) is 5.69 Å². The number of amides is 1. The van der Waals surface area contributed by atoms with E-state index in [-0.39, 0.29) is 23.3 Å². The van der Waals surface area contributed by atoms with Crippen LogP contribution in [0.25, 0.3) is 11.0 Å². The van der Waals surface area contributed by atoms with E-state index in [0.29, 0.717) is 26.9 Å². The molecule has 2 heterocycles. The molecule has 2 aromatic heterocycles. The van der Waals surface area contributed by atoms with Crippen molar-refractivity contribution in [2.75, 3.05) is 11.1 Å². The van der Waals surface area contributed by atoms with E-state index in [1.807, 2.05) is 39.8 Å². The molecule has 0 radical (unpaired) electrons. The highest BCUT2D eigenvalue weighted by Crippen LogP contribution is 2.25. The Morgan fingerprint density at radius 2 is 2.11 bits per heavy atom. The van der Waals surface area contributed by atoms with Gasteiger partial charge in [-0.25, -0.2) is 4.98 Å². The zero-order valence-corrected chi connectivity index (χ0v) is 17.9. The molecule has 8 heteroatoms. The van der Waals surface area contributed by atoms with Gasteiger partial charge >= 0.3 is 0 Å². The second-order valence-corrected chi connectivity index (χ2v) is 8.21. The lowest BCUT2D eigenvalue weighted by Crippen LogP contribution is -2.26. The van der Waals surface area contributed by atoms with Gasteiger partial charge in [0.25, 0.3) is 5.56 Å². The van der Waals surface area contributed by atoms with Crippen molar-refractivity contribution in [3.63, 3.8) is 0 Å². The van der Waals surface area contributed by atoms with E-state index in [1.165, 1.54) is 11.8 Å². The number of carbonyl (C=O) groups is 1. The average molecular weight is 419 g/mol. The zero-order valence-electron chi connectivity index (χ0n) is 16.3. The molecule has 0 aliphatic rings. The molecule has 1 amide bonds. The number of aromatic nitrogens is 3. The molecule has 0 bridgehead atoms. The summed E-state index contributed by atoms with van der Waals surface area (Å²) in [6, 6.07) is 7.29. The molecule has 0 aliphatic carbocycles. The molecule has 0 aliphatic heterocycles. The lowest BCUT2D eigenvalue weighted by molar-refractivity contribution is -0.113. The number of nitrogens with zero attached hydrogens (tertiary/aromatic N) is 2. The summed E-state index contributed by atoms with van der Waals surface area (Å²) in [6.07, 6.45) is 0.783. The summed E-state index contributed by atoms with van der Waals surface area (Å²) < 4.78 is 1.66. The highest BCUT2D eigenvalue weighted by molar-refractivity contribution is 7.99. The van der Waals surface area contributed by atoms with Crippen LogP contribution in [-0.2, 0) is 4.79 Å². The maximum atomic E-state index is 12.9. The minimum absolute atomic E-state index is 0.0230. The number of fused-ring (bicyclic) bond motifs is 1. The van der Waals surface area contributed by atoms with E-state index in [0.717, 1.165) is 17.7 Å². The van der Waals surface area contributed by atoms with Crippen molar-refractivity contribution >= 4 is 46.0 Å². The fraction of sp³-hybridized carbons (Fsp3) is 0.350. The van der Waals surface area contributed by atoms with E-state index in [2.05, 4.69) is 15.3 Å². The quantitative estimate of drug-likeness (QED) is 0.449. The Morgan fingerprint density at radius 3 is 2.79 bits per heavy atom. The molecule has 0 spiro atoms. The SMILES string of the molecule is CC[C@@H](C)n1c(SCC(=O)Nc2ccc(C)cc2Cl)nc2cc(C)[nH]c2c1=O. The molecule has 3 rings (SSSR count). The van der Waals surface area contributed by atoms with Crippen LogP contribution in [0.1, 0.15) is 37.6 Å². The minimum Gasteiger partial charge on any atom is -0.353 e. The van der Waals surface area contributed by atoms with Crippen molar-refractivity contribution in [1.29, 1.82) is 0 Å². The van der Waals surface area contributed by atoms with Crippen molar-refractivity contribution in [2.45, 2.75) is 45.3 Å². The highest BCUT2D eigenvalue weighted by atomic mass is 35.5. The van der Waals surface area contributed by atoms with E-state index in [1.54, 1.807) is 16.7 Å². The van der Waals surface area contributed by atoms with Gasteiger partial charge in [0.2, 0.25) is 5.91 Å². The lowest BCUT2D eigenvalue weighted by atomic mass is 10.2. The van der Waals surface area contributed by atoms with Crippen LogP contribution < -0.4 is 10.9 Å². The van der Waals surface area contributed by atoms with Gasteiger partial charge in [-0.05, 0) is 51.0 Å². The molecule has 6 nitrogen and oxygen atoms in total. The van der Waals surface area contributed by atoms with Crippen LogP contribution in [0.3, 0.4) is 0 Å². The van der Waals surface area contributed by atoms with E-state index in [9.17, 15) is 9.59 Å². The normalized spacial score (nSPS) is 12.3. The molecule has 0 saturated carbocycles. The summed E-state index contributed by atoms with van der Waals surface area (Å²) in [6.45, 7) is 7.81. The smallest absolute Gasteiger partial charge is 0.278 e. The molecule has 28 heavy (non-hydrogen) atoms. The number of hydrogen-bond acceptors (Lipinski definition) is 4. The number of thioether (sulfide) groups is 1. The topological polar surface area (TPSA) is 79.8 Å². The molecule has 0 saturated heterocycles. The first-order chi connectivity index (χ1) is 13.3. The fourth-order valence-corrected chi connectivity index (χ4v) is 4.08. The number of aryl methyl sites for hydroxylation is 2. The van der Waals surface area contributed by atoms with Crippen molar-refractivity contribution in [2.24, 2.45) is 0 Å². The Hall–Kier alpha value is -2.25. The number of H-pyrrole nitrogens is 1. The van der Waals surface area contributed by atoms with Crippen molar-refractivity contribution in [3.05, 3.63) is 50.9 Å². The van der Waals surface area contributed by atoms with Crippen molar-refractivity contribution < 1.29 is 4.79 Å². The van der Waals surface area contributed by atoms with E-state index >= 15 is 0 Å². The van der Waals surface area contributed by atoms with Crippen LogP contribution in [0.5, 0.6) is 0 Å². The summed E-state index contributed by atoms with van der Waals surface area (Å²) >= 11 is 7.43. The molecule has 1 atom stereocenters. The number of benzene rings is 1. The second-order valence-electron chi connectivity index (χ2n) is 6.86. The largest absolute Gasteiger partial charge is 0.353 e. The van der Waals surface area contributed by atoms with Crippen LogP contribution in [0.2, 0.25) is 5.02 Å². The maximum Gasteiger partial charge on any atom is 0.278 e. The van der Waals surface area contributed by atoms with Gasteiger partial charge in [0.15, 0.2) is 5.16 Å². The van der Waals surface area contributed by atoms with Gasteiger partial charge in [-0.15, -0.1) is 0 Å². The third-order valence-electron chi connectivity index (χ3n) is 4.55. The summed E-state index contributed by atoms with van der Waals surface area (Å²) in [5.41, 5.74) is 3.47. The minimum atomic E-state index is -0.203. The number of halogens is 1. The first-order valence-electron chi connectivity index (χ1n) is 9.10. The van der Waals surface area contributed by atoms with Gasteiger partial charge in [0.1, 0.15) is 5.52 Å². The number of hydrogen-bond donors (Lipinski definition) is 2. The second kappa shape index (κ2) is 8.41.